The fourth-order valence-electron chi connectivity index (χ4n) is 2.26. The van der Waals surface area contributed by atoms with E-state index in [2.05, 4.69) is 0 Å². The molecule has 5 nitrogen and oxygen atoms in total. The van der Waals surface area contributed by atoms with Crippen LogP contribution in [0, 0.1) is 11.6 Å². The van der Waals surface area contributed by atoms with Gasteiger partial charge in [-0.3, -0.25) is 10.6 Å². The Bertz CT molecular complexity index is 483. The van der Waals surface area contributed by atoms with E-state index in [9.17, 15) is 13.6 Å². The number of nitrogen functional groups attached to an aromatic ring is 1. The minimum absolute atomic E-state index is 0.0353. The van der Waals surface area contributed by atoms with Gasteiger partial charge in [0.05, 0.1) is 6.61 Å². The molecule has 1 aliphatic carbocycles. The van der Waals surface area contributed by atoms with Gasteiger partial charge in [0.1, 0.15) is 5.69 Å². The number of carbonyl (C=O) groups is 1. The second-order valence-electron chi connectivity index (χ2n) is 4.77. The smallest absolute Gasteiger partial charge is 0.254 e. The first-order chi connectivity index (χ1) is 9.58. The van der Waals surface area contributed by atoms with Gasteiger partial charge in [-0.2, -0.15) is 0 Å². The maximum Gasteiger partial charge on any atom is 0.254 e. The maximum absolute atomic E-state index is 13.6. The molecular formula is C13H17F2N3O2. The summed E-state index contributed by atoms with van der Waals surface area (Å²) in [6.45, 7) is -0.0285. The molecule has 0 atom stereocenters. The molecule has 1 amide bonds. The number of benzene rings is 1. The van der Waals surface area contributed by atoms with Crippen LogP contribution < -0.4 is 11.3 Å². The van der Waals surface area contributed by atoms with Gasteiger partial charge in [-0.25, -0.2) is 8.78 Å². The van der Waals surface area contributed by atoms with Gasteiger partial charge < -0.3 is 15.4 Å². The molecule has 0 spiro atoms. The molecule has 1 saturated carbocycles. The topological polar surface area (TPSA) is 78.6 Å². The minimum Gasteiger partial charge on any atom is -0.395 e. The summed E-state index contributed by atoms with van der Waals surface area (Å²) in [6.07, 6.45) is 2.71. The third-order valence-electron chi connectivity index (χ3n) is 3.55. The number of nitrogens with zero attached hydrogens (tertiary/aromatic N) is 1. The van der Waals surface area contributed by atoms with E-state index in [0.29, 0.717) is 0 Å². The van der Waals surface area contributed by atoms with Crippen LogP contribution in [-0.4, -0.2) is 35.1 Å². The van der Waals surface area contributed by atoms with Crippen LogP contribution in [0.4, 0.5) is 14.5 Å². The average Bonchev–Trinajstić information content (AvgIpc) is 2.35. The molecule has 0 unspecified atom stereocenters. The fraction of sp³-hybridized carbons (Fsp3) is 0.462. The van der Waals surface area contributed by atoms with Crippen LogP contribution in [0.1, 0.15) is 29.6 Å². The standard InChI is InChI=1S/C13H17F2N3O2/c14-10-6-8(7-11(15)12(10)17-16)13(20)18(4-5-19)9-2-1-3-9/h6-7,9,17,19H,1-5,16H2. The number of nitrogens with two attached hydrogens (primary N) is 1. The van der Waals surface area contributed by atoms with Crippen LogP contribution in [0.25, 0.3) is 0 Å². The summed E-state index contributed by atoms with van der Waals surface area (Å²) in [6, 6.07) is 1.93. The summed E-state index contributed by atoms with van der Waals surface area (Å²) in [5.74, 6) is 2.68. The zero-order chi connectivity index (χ0) is 14.7. The second-order valence-corrected chi connectivity index (χ2v) is 4.77. The van der Waals surface area contributed by atoms with Crippen molar-refractivity contribution in [1.29, 1.82) is 0 Å². The molecule has 1 fully saturated rings. The number of rotatable bonds is 5. The molecule has 0 aromatic heterocycles. The Labute approximate surface area is 115 Å². The Balaban J connectivity index is 2.26. The van der Waals surface area contributed by atoms with Crippen LogP contribution in [0.5, 0.6) is 0 Å². The van der Waals surface area contributed by atoms with E-state index in [1.54, 1.807) is 0 Å². The van der Waals surface area contributed by atoms with E-state index >= 15 is 0 Å². The van der Waals surface area contributed by atoms with E-state index in [4.69, 9.17) is 10.9 Å². The SMILES string of the molecule is NNc1c(F)cc(C(=O)N(CCO)C2CCC2)cc1F. The van der Waals surface area contributed by atoms with Gasteiger partial charge in [0.15, 0.2) is 11.6 Å². The van der Waals surface area contributed by atoms with Gasteiger partial charge >= 0.3 is 0 Å². The molecule has 2 rings (SSSR count). The van der Waals surface area contributed by atoms with E-state index in [1.165, 1.54) is 4.90 Å². The van der Waals surface area contributed by atoms with Crippen molar-refractivity contribution in [1.82, 2.24) is 4.90 Å². The molecule has 0 saturated heterocycles. The summed E-state index contributed by atoms with van der Waals surface area (Å²) in [5, 5.41) is 9.02. The molecule has 0 heterocycles. The van der Waals surface area contributed by atoms with Crippen molar-refractivity contribution in [2.24, 2.45) is 5.84 Å². The summed E-state index contributed by atoms with van der Waals surface area (Å²) in [4.78, 5) is 13.8. The highest BCUT2D eigenvalue weighted by Crippen LogP contribution is 2.27. The zero-order valence-electron chi connectivity index (χ0n) is 10.9. The monoisotopic (exact) mass is 285 g/mol. The van der Waals surface area contributed by atoms with Crippen molar-refractivity contribution >= 4 is 11.6 Å². The molecule has 1 aromatic carbocycles. The molecule has 0 radical (unpaired) electrons. The van der Waals surface area contributed by atoms with E-state index in [1.807, 2.05) is 5.43 Å². The van der Waals surface area contributed by atoms with Crippen molar-refractivity contribution in [3.8, 4) is 0 Å². The average molecular weight is 285 g/mol. The van der Waals surface area contributed by atoms with E-state index in [0.717, 1.165) is 31.4 Å². The Hall–Kier alpha value is -1.73. The number of halogens is 2. The first kappa shape index (κ1) is 14.7. The Morgan fingerprint density at radius 3 is 2.40 bits per heavy atom. The predicted molar refractivity (Wildman–Crippen MR) is 69.9 cm³/mol. The lowest BCUT2D eigenvalue weighted by molar-refractivity contribution is 0.0525. The van der Waals surface area contributed by atoms with Gasteiger partial charge in [0.25, 0.3) is 5.91 Å². The molecule has 7 heteroatoms. The normalized spacial score (nSPS) is 14.8. The zero-order valence-corrected chi connectivity index (χ0v) is 10.9. The van der Waals surface area contributed by atoms with Crippen LogP contribution in [-0.2, 0) is 0 Å². The summed E-state index contributed by atoms with van der Waals surface area (Å²) >= 11 is 0. The molecule has 20 heavy (non-hydrogen) atoms. The lowest BCUT2D eigenvalue weighted by Crippen LogP contribution is -2.45. The largest absolute Gasteiger partial charge is 0.395 e. The van der Waals surface area contributed by atoms with Crippen molar-refractivity contribution < 1.29 is 18.7 Å². The molecule has 0 bridgehead atoms. The Morgan fingerprint density at radius 1 is 1.40 bits per heavy atom. The lowest BCUT2D eigenvalue weighted by atomic mass is 9.91. The lowest BCUT2D eigenvalue weighted by Gasteiger charge is -2.37. The highest BCUT2D eigenvalue weighted by Gasteiger charge is 2.29. The van der Waals surface area contributed by atoms with E-state index < -0.39 is 23.2 Å². The number of anilines is 1. The van der Waals surface area contributed by atoms with Crippen molar-refractivity contribution in [2.75, 3.05) is 18.6 Å². The van der Waals surface area contributed by atoms with Crippen LogP contribution in [0.2, 0.25) is 0 Å². The number of aliphatic hydroxyl groups is 1. The fourth-order valence-corrected chi connectivity index (χ4v) is 2.26. The molecule has 4 N–H and O–H groups in total. The Morgan fingerprint density at radius 2 is 2.00 bits per heavy atom. The molecule has 0 aliphatic heterocycles. The highest BCUT2D eigenvalue weighted by atomic mass is 19.1. The van der Waals surface area contributed by atoms with Crippen molar-refractivity contribution in [2.45, 2.75) is 25.3 Å². The highest BCUT2D eigenvalue weighted by molar-refractivity contribution is 5.95. The van der Waals surface area contributed by atoms with Gasteiger partial charge in [-0.05, 0) is 31.4 Å². The summed E-state index contributed by atoms with van der Waals surface area (Å²) in [7, 11) is 0. The molecule has 1 aromatic rings. The summed E-state index contributed by atoms with van der Waals surface area (Å²) < 4.78 is 27.2. The third kappa shape index (κ3) is 2.73. The second kappa shape index (κ2) is 6.15. The maximum atomic E-state index is 13.6. The summed E-state index contributed by atoms with van der Waals surface area (Å²) in [5.41, 5.74) is 1.36. The number of nitrogens with one attached hydrogen (secondary N) is 1. The number of amides is 1. The number of carbonyl (C=O) groups excluding carboxylic acids is 1. The van der Waals surface area contributed by atoms with Crippen LogP contribution in [0.3, 0.4) is 0 Å². The van der Waals surface area contributed by atoms with E-state index in [-0.39, 0.29) is 24.8 Å². The van der Waals surface area contributed by atoms with Gasteiger partial charge in [-0.15, -0.1) is 0 Å². The first-order valence-electron chi connectivity index (χ1n) is 6.46. The minimum atomic E-state index is -0.923. The molecular weight excluding hydrogens is 268 g/mol. The van der Waals surface area contributed by atoms with Crippen molar-refractivity contribution in [3.05, 3.63) is 29.3 Å². The number of hydrogen-bond acceptors (Lipinski definition) is 4. The molecule has 110 valence electrons. The van der Waals surface area contributed by atoms with Crippen LogP contribution >= 0.6 is 0 Å². The van der Waals surface area contributed by atoms with Gasteiger partial charge in [0.2, 0.25) is 0 Å². The quantitative estimate of drug-likeness (QED) is 0.562. The third-order valence-corrected chi connectivity index (χ3v) is 3.55. The molecule has 1 aliphatic rings. The van der Waals surface area contributed by atoms with Gasteiger partial charge in [0, 0.05) is 18.2 Å². The Kier molecular flexibility index (Phi) is 4.51. The predicted octanol–water partition coefficient (Wildman–Crippen LogP) is 1.24. The number of aliphatic hydroxyl groups excluding tert-OH is 1. The number of hydrogen-bond donors (Lipinski definition) is 3. The first-order valence-corrected chi connectivity index (χ1v) is 6.46. The van der Waals surface area contributed by atoms with Crippen molar-refractivity contribution in [3.63, 3.8) is 0 Å². The van der Waals surface area contributed by atoms with Crippen LogP contribution in [0.15, 0.2) is 12.1 Å². The van der Waals surface area contributed by atoms with Gasteiger partial charge in [-0.1, -0.05) is 0 Å². The number of hydrazine groups is 1.